The monoisotopic (exact) mass is 299 g/mol. The summed E-state index contributed by atoms with van der Waals surface area (Å²) in [6.07, 6.45) is 3.12. The summed E-state index contributed by atoms with van der Waals surface area (Å²) >= 11 is 0. The number of aromatic nitrogens is 3. The van der Waals surface area contributed by atoms with Crippen molar-refractivity contribution < 1.29 is 9.90 Å². The molecule has 0 atom stereocenters. The fraction of sp³-hybridized carbons (Fsp3) is 0.133. The van der Waals surface area contributed by atoms with Crippen LogP contribution >= 0.6 is 0 Å². The van der Waals surface area contributed by atoms with Gasteiger partial charge in [0.25, 0.3) is 5.56 Å². The zero-order chi connectivity index (χ0) is 16.0. The number of hydrogen-bond acceptors (Lipinski definition) is 3. The number of carboxylic acids is 1. The van der Waals surface area contributed by atoms with E-state index in [9.17, 15) is 19.5 Å². The van der Waals surface area contributed by atoms with Gasteiger partial charge in [-0.2, -0.15) is 0 Å². The van der Waals surface area contributed by atoms with Crippen molar-refractivity contribution in [3.63, 3.8) is 0 Å². The van der Waals surface area contributed by atoms with E-state index < -0.39 is 17.2 Å². The van der Waals surface area contributed by atoms with Crippen molar-refractivity contribution in [2.45, 2.75) is 0 Å². The molecular formula is C15H13N3O4. The van der Waals surface area contributed by atoms with Crippen LogP contribution in [0.1, 0.15) is 10.4 Å². The molecule has 0 aliphatic heterocycles. The van der Waals surface area contributed by atoms with Gasteiger partial charge in [0, 0.05) is 26.5 Å². The van der Waals surface area contributed by atoms with Gasteiger partial charge in [0.2, 0.25) is 0 Å². The van der Waals surface area contributed by atoms with Crippen molar-refractivity contribution in [2.24, 2.45) is 14.1 Å². The molecule has 0 radical (unpaired) electrons. The van der Waals surface area contributed by atoms with Gasteiger partial charge in [-0.15, -0.1) is 0 Å². The molecule has 3 aromatic rings. The van der Waals surface area contributed by atoms with E-state index in [-0.39, 0.29) is 5.56 Å². The van der Waals surface area contributed by atoms with E-state index in [4.69, 9.17) is 0 Å². The van der Waals surface area contributed by atoms with Crippen molar-refractivity contribution >= 4 is 16.9 Å². The van der Waals surface area contributed by atoms with Crippen LogP contribution in [0.25, 0.3) is 16.6 Å². The summed E-state index contributed by atoms with van der Waals surface area (Å²) in [6, 6.07) is 6.47. The molecule has 0 bridgehead atoms. The Hall–Kier alpha value is -3.09. The highest BCUT2D eigenvalue weighted by molar-refractivity contribution is 5.92. The van der Waals surface area contributed by atoms with E-state index in [0.717, 1.165) is 4.57 Å². The quantitative estimate of drug-likeness (QED) is 0.755. The lowest BCUT2D eigenvalue weighted by Gasteiger charge is -2.06. The number of aromatic carboxylic acids is 1. The van der Waals surface area contributed by atoms with Crippen LogP contribution < -0.4 is 11.2 Å². The third-order valence-electron chi connectivity index (χ3n) is 3.69. The molecule has 7 heteroatoms. The van der Waals surface area contributed by atoms with Gasteiger partial charge in [-0.3, -0.25) is 13.9 Å². The largest absolute Gasteiger partial charge is 0.478 e. The summed E-state index contributed by atoms with van der Waals surface area (Å²) in [7, 11) is 2.98. The topological polar surface area (TPSA) is 86.2 Å². The molecule has 0 spiro atoms. The van der Waals surface area contributed by atoms with Crippen LogP contribution in [0, 0.1) is 0 Å². The summed E-state index contributed by atoms with van der Waals surface area (Å²) in [5.41, 5.74) is 0.157. The minimum absolute atomic E-state index is 0.115. The second-order valence-corrected chi connectivity index (χ2v) is 4.99. The Morgan fingerprint density at radius 2 is 1.73 bits per heavy atom. The fourth-order valence-electron chi connectivity index (χ4n) is 2.49. The van der Waals surface area contributed by atoms with Crippen molar-refractivity contribution in [1.82, 2.24) is 13.7 Å². The summed E-state index contributed by atoms with van der Waals surface area (Å²) in [4.78, 5) is 35.4. The number of carboxylic acid groups (broad SMARTS) is 1. The molecule has 0 saturated heterocycles. The Labute approximate surface area is 124 Å². The average molecular weight is 299 g/mol. The van der Waals surface area contributed by atoms with Crippen LogP contribution in [0.4, 0.5) is 0 Å². The molecule has 0 unspecified atom stereocenters. The Kier molecular flexibility index (Phi) is 2.98. The van der Waals surface area contributed by atoms with Crippen molar-refractivity contribution in [1.29, 1.82) is 0 Å². The zero-order valence-corrected chi connectivity index (χ0v) is 12.0. The number of hydrogen-bond donors (Lipinski definition) is 1. The number of rotatable bonds is 2. The Morgan fingerprint density at radius 1 is 1.05 bits per heavy atom. The maximum atomic E-state index is 12.2. The van der Waals surface area contributed by atoms with Gasteiger partial charge in [0.15, 0.2) is 0 Å². The zero-order valence-electron chi connectivity index (χ0n) is 12.0. The first-order valence-electron chi connectivity index (χ1n) is 6.52. The minimum Gasteiger partial charge on any atom is -0.478 e. The first kappa shape index (κ1) is 13.9. The van der Waals surface area contributed by atoms with Crippen molar-refractivity contribution in [3.05, 3.63) is 63.1 Å². The highest BCUT2D eigenvalue weighted by atomic mass is 16.4. The van der Waals surface area contributed by atoms with E-state index in [1.165, 1.54) is 17.7 Å². The lowest BCUT2D eigenvalue weighted by molar-refractivity contribution is 0.0697. The standard InChI is InChI=1S/C15H13N3O4/c1-16-12-8-18(7-10(12)13(19)17(2)15(16)22)11-6-4-3-5-9(11)14(20)21/h3-8H,1-2H3,(H,20,21). The molecule has 22 heavy (non-hydrogen) atoms. The van der Waals surface area contributed by atoms with Gasteiger partial charge >= 0.3 is 11.7 Å². The predicted octanol–water partition coefficient (Wildman–Crippen LogP) is 0.726. The molecule has 0 aliphatic rings. The molecule has 7 nitrogen and oxygen atoms in total. The average Bonchev–Trinajstić information content (AvgIpc) is 2.96. The van der Waals surface area contributed by atoms with E-state index >= 15 is 0 Å². The Balaban J connectivity index is 2.39. The van der Waals surface area contributed by atoms with Gasteiger partial charge in [-0.05, 0) is 12.1 Å². The molecule has 0 aliphatic carbocycles. The van der Waals surface area contributed by atoms with Gasteiger partial charge < -0.3 is 9.67 Å². The number of fused-ring (bicyclic) bond motifs is 1. The van der Waals surface area contributed by atoms with E-state index in [1.54, 1.807) is 42.2 Å². The lowest BCUT2D eigenvalue weighted by Crippen LogP contribution is -2.36. The molecule has 2 heterocycles. The van der Waals surface area contributed by atoms with Crippen LogP contribution in [-0.2, 0) is 14.1 Å². The summed E-state index contributed by atoms with van der Waals surface area (Å²) in [5.74, 6) is -1.06. The van der Waals surface area contributed by atoms with Crippen LogP contribution in [0.15, 0.2) is 46.2 Å². The van der Waals surface area contributed by atoms with E-state index in [2.05, 4.69) is 0 Å². The number of benzene rings is 1. The summed E-state index contributed by atoms with van der Waals surface area (Å²) < 4.78 is 3.93. The number of para-hydroxylation sites is 1. The normalized spacial score (nSPS) is 11.0. The molecule has 0 amide bonds. The minimum atomic E-state index is -1.06. The lowest BCUT2D eigenvalue weighted by atomic mass is 10.2. The second kappa shape index (κ2) is 4.73. The van der Waals surface area contributed by atoms with Gasteiger partial charge in [-0.25, -0.2) is 9.59 Å². The van der Waals surface area contributed by atoms with Crippen LogP contribution in [-0.4, -0.2) is 24.8 Å². The highest BCUT2D eigenvalue weighted by Crippen LogP contribution is 2.18. The van der Waals surface area contributed by atoms with E-state index in [1.807, 2.05) is 0 Å². The number of nitrogens with zero attached hydrogens (tertiary/aromatic N) is 3. The first-order chi connectivity index (χ1) is 10.4. The third kappa shape index (κ3) is 1.86. The Morgan fingerprint density at radius 3 is 2.41 bits per heavy atom. The van der Waals surface area contributed by atoms with E-state index in [0.29, 0.717) is 16.6 Å². The highest BCUT2D eigenvalue weighted by Gasteiger charge is 2.15. The maximum Gasteiger partial charge on any atom is 0.337 e. The summed E-state index contributed by atoms with van der Waals surface area (Å²) in [6.45, 7) is 0. The fourth-order valence-corrected chi connectivity index (χ4v) is 2.49. The van der Waals surface area contributed by atoms with Crippen molar-refractivity contribution in [3.8, 4) is 5.69 Å². The molecule has 1 N–H and O–H groups in total. The molecule has 2 aromatic heterocycles. The number of carbonyl (C=O) groups is 1. The molecule has 0 fully saturated rings. The van der Waals surface area contributed by atoms with Gasteiger partial charge in [0.05, 0.1) is 22.2 Å². The predicted molar refractivity (Wildman–Crippen MR) is 80.7 cm³/mol. The number of aryl methyl sites for hydroxylation is 1. The molecule has 112 valence electrons. The Bertz CT molecular complexity index is 1020. The molecular weight excluding hydrogens is 286 g/mol. The summed E-state index contributed by atoms with van der Waals surface area (Å²) in [5, 5.41) is 9.62. The van der Waals surface area contributed by atoms with Crippen LogP contribution in [0.5, 0.6) is 0 Å². The van der Waals surface area contributed by atoms with Crippen molar-refractivity contribution in [2.75, 3.05) is 0 Å². The first-order valence-corrected chi connectivity index (χ1v) is 6.52. The van der Waals surface area contributed by atoms with Crippen LogP contribution in [0.3, 0.4) is 0 Å². The third-order valence-corrected chi connectivity index (χ3v) is 3.69. The van der Waals surface area contributed by atoms with Crippen LogP contribution in [0.2, 0.25) is 0 Å². The molecule has 3 rings (SSSR count). The second-order valence-electron chi connectivity index (χ2n) is 4.99. The smallest absolute Gasteiger partial charge is 0.337 e. The molecule has 1 aromatic carbocycles. The molecule has 0 saturated carbocycles. The SMILES string of the molecule is Cn1c(=O)c2cn(-c3ccccc3C(=O)O)cc2n(C)c1=O. The van der Waals surface area contributed by atoms with Gasteiger partial charge in [0.1, 0.15) is 0 Å². The maximum absolute atomic E-state index is 12.2. The van der Waals surface area contributed by atoms with Gasteiger partial charge in [-0.1, -0.05) is 12.1 Å².